The molecule has 0 fully saturated rings. The smallest absolute Gasteiger partial charge is 0.310 e. The summed E-state index contributed by atoms with van der Waals surface area (Å²) in [6, 6.07) is 5.82. The first-order valence-corrected chi connectivity index (χ1v) is 5.29. The van der Waals surface area contributed by atoms with Crippen LogP contribution in [0.1, 0.15) is 24.0 Å². The fourth-order valence-electron chi connectivity index (χ4n) is 2.20. The number of carbonyl (C=O) groups is 1. The molecule has 3 heteroatoms. The minimum atomic E-state index is -0.782. The van der Waals surface area contributed by atoms with Crippen molar-refractivity contribution in [3.63, 3.8) is 0 Å². The summed E-state index contributed by atoms with van der Waals surface area (Å²) >= 11 is 0. The van der Waals surface area contributed by atoms with Crippen molar-refractivity contribution in [2.24, 2.45) is 7.05 Å². The van der Waals surface area contributed by atoms with Crippen LogP contribution in [0.5, 0.6) is 0 Å². The third-order valence-electron chi connectivity index (χ3n) is 3.07. The van der Waals surface area contributed by atoms with Crippen molar-refractivity contribution < 1.29 is 9.90 Å². The predicted octanol–water partition coefficient (Wildman–Crippen LogP) is 2.67. The van der Waals surface area contributed by atoms with Gasteiger partial charge in [-0.2, -0.15) is 0 Å². The third-order valence-corrected chi connectivity index (χ3v) is 3.07. The van der Waals surface area contributed by atoms with Gasteiger partial charge >= 0.3 is 5.97 Å². The van der Waals surface area contributed by atoms with E-state index in [4.69, 9.17) is 5.11 Å². The van der Waals surface area contributed by atoms with Crippen LogP contribution in [-0.4, -0.2) is 15.6 Å². The van der Waals surface area contributed by atoms with Gasteiger partial charge in [-0.15, -0.1) is 0 Å². The van der Waals surface area contributed by atoms with E-state index in [-0.39, 0.29) is 0 Å². The lowest BCUT2D eigenvalue weighted by atomic mass is 9.96. The monoisotopic (exact) mass is 217 g/mol. The molecule has 1 aromatic carbocycles. The van der Waals surface area contributed by atoms with Gasteiger partial charge in [-0.05, 0) is 31.0 Å². The molecule has 0 aliphatic rings. The quantitative estimate of drug-likeness (QED) is 0.840. The van der Waals surface area contributed by atoms with Crippen molar-refractivity contribution in [3.05, 3.63) is 35.5 Å². The fourth-order valence-corrected chi connectivity index (χ4v) is 2.20. The number of benzene rings is 1. The van der Waals surface area contributed by atoms with Crippen molar-refractivity contribution in [2.45, 2.75) is 19.8 Å². The van der Waals surface area contributed by atoms with E-state index in [2.05, 4.69) is 0 Å². The second-order valence-electron chi connectivity index (χ2n) is 4.22. The fraction of sp³-hybridized carbons (Fsp3) is 0.308. The lowest BCUT2D eigenvalue weighted by molar-refractivity contribution is -0.138. The molecule has 1 atom stereocenters. The van der Waals surface area contributed by atoms with Gasteiger partial charge < -0.3 is 9.67 Å². The Morgan fingerprint density at radius 2 is 2.12 bits per heavy atom. The van der Waals surface area contributed by atoms with E-state index >= 15 is 0 Å². The average molecular weight is 217 g/mol. The molecule has 0 bridgehead atoms. The van der Waals surface area contributed by atoms with E-state index in [0.717, 1.165) is 22.0 Å². The number of carboxylic acids is 1. The van der Waals surface area contributed by atoms with Crippen molar-refractivity contribution in [3.8, 4) is 0 Å². The van der Waals surface area contributed by atoms with Crippen LogP contribution in [0, 0.1) is 6.92 Å². The standard InChI is InChI=1S/C13H15NO2/c1-8-7-14(3)11-6-4-5-10(12(8)11)9(2)13(15)16/h4-7,9H,1-3H3,(H,15,16). The summed E-state index contributed by atoms with van der Waals surface area (Å²) < 4.78 is 2.03. The minimum Gasteiger partial charge on any atom is -0.481 e. The summed E-state index contributed by atoms with van der Waals surface area (Å²) in [6.07, 6.45) is 2.03. The Balaban J connectivity index is 2.75. The van der Waals surface area contributed by atoms with E-state index in [1.54, 1.807) is 6.92 Å². The minimum absolute atomic E-state index is 0.468. The summed E-state index contributed by atoms with van der Waals surface area (Å²) in [5, 5.41) is 10.2. The van der Waals surface area contributed by atoms with Gasteiger partial charge in [0.1, 0.15) is 0 Å². The van der Waals surface area contributed by atoms with Crippen LogP contribution in [0.15, 0.2) is 24.4 Å². The van der Waals surface area contributed by atoms with Gasteiger partial charge in [-0.3, -0.25) is 4.79 Å². The maximum atomic E-state index is 11.1. The zero-order chi connectivity index (χ0) is 11.9. The van der Waals surface area contributed by atoms with Gasteiger partial charge in [-0.25, -0.2) is 0 Å². The predicted molar refractivity (Wildman–Crippen MR) is 63.7 cm³/mol. The molecule has 16 heavy (non-hydrogen) atoms. The van der Waals surface area contributed by atoms with Crippen LogP contribution < -0.4 is 0 Å². The number of carboxylic acid groups (broad SMARTS) is 1. The van der Waals surface area contributed by atoms with Crippen molar-refractivity contribution >= 4 is 16.9 Å². The molecular formula is C13H15NO2. The molecule has 0 aliphatic heterocycles. The molecule has 2 rings (SSSR count). The number of aryl methyl sites for hydroxylation is 2. The summed E-state index contributed by atoms with van der Waals surface area (Å²) in [5.41, 5.74) is 3.10. The highest BCUT2D eigenvalue weighted by Gasteiger charge is 2.18. The SMILES string of the molecule is Cc1cn(C)c2cccc(C(C)C(=O)O)c12. The maximum absolute atomic E-state index is 11.1. The highest BCUT2D eigenvalue weighted by atomic mass is 16.4. The number of rotatable bonds is 2. The van der Waals surface area contributed by atoms with Gasteiger partial charge in [0, 0.05) is 24.1 Å². The van der Waals surface area contributed by atoms with E-state index in [1.165, 1.54) is 0 Å². The topological polar surface area (TPSA) is 42.2 Å². The van der Waals surface area contributed by atoms with Crippen molar-refractivity contribution in [2.75, 3.05) is 0 Å². The maximum Gasteiger partial charge on any atom is 0.310 e. The summed E-state index contributed by atoms with van der Waals surface area (Å²) in [4.78, 5) is 11.1. The Bertz CT molecular complexity index is 554. The first-order valence-electron chi connectivity index (χ1n) is 5.29. The Kier molecular flexibility index (Phi) is 2.46. The number of aromatic nitrogens is 1. The summed E-state index contributed by atoms with van der Waals surface area (Å²) in [7, 11) is 1.98. The van der Waals surface area contributed by atoms with Crippen LogP contribution in [0.2, 0.25) is 0 Å². The zero-order valence-corrected chi connectivity index (χ0v) is 9.69. The second kappa shape index (κ2) is 3.67. The zero-order valence-electron chi connectivity index (χ0n) is 9.69. The Morgan fingerprint density at radius 1 is 1.44 bits per heavy atom. The first kappa shape index (κ1) is 10.7. The second-order valence-corrected chi connectivity index (χ2v) is 4.22. The van der Waals surface area contributed by atoms with Gasteiger partial charge in [0.05, 0.1) is 5.92 Å². The first-order chi connectivity index (χ1) is 7.52. The molecule has 1 N–H and O–H groups in total. The van der Waals surface area contributed by atoms with Gasteiger partial charge in [0.2, 0.25) is 0 Å². The third kappa shape index (κ3) is 1.48. The highest BCUT2D eigenvalue weighted by molar-refractivity contribution is 5.91. The molecule has 0 aliphatic carbocycles. The van der Waals surface area contributed by atoms with E-state index in [9.17, 15) is 4.79 Å². The number of aliphatic carboxylic acids is 1. The number of hydrogen-bond donors (Lipinski definition) is 1. The van der Waals surface area contributed by atoms with E-state index in [1.807, 2.05) is 42.9 Å². The molecule has 1 aromatic heterocycles. The molecule has 84 valence electrons. The summed E-state index contributed by atoms with van der Waals surface area (Å²) in [5.74, 6) is -1.25. The van der Waals surface area contributed by atoms with Gasteiger partial charge in [0.15, 0.2) is 0 Å². The molecule has 0 saturated heterocycles. The molecular weight excluding hydrogens is 202 g/mol. The lowest BCUT2D eigenvalue weighted by Gasteiger charge is -2.09. The molecule has 2 aromatic rings. The molecule has 0 spiro atoms. The molecule has 0 radical (unpaired) electrons. The number of hydrogen-bond acceptors (Lipinski definition) is 1. The van der Waals surface area contributed by atoms with Crippen LogP contribution >= 0.6 is 0 Å². The lowest BCUT2D eigenvalue weighted by Crippen LogP contribution is -2.07. The van der Waals surface area contributed by atoms with E-state index < -0.39 is 11.9 Å². The van der Waals surface area contributed by atoms with Gasteiger partial charge in [0.25, 0.3) is 0 Å². The number of nitrogens with zero attached hydrogens (tertiary/aromatic N) is 1. The Hall–Kier alpha value is -1.77. The normalized spacial score (nSPS) is 12.9. The Morgan fingerprint density at radius 3 is 2.75 bits per heavy atom. The number of fused-ring (bicyclic) bond motifs is 1. The Labute approximate surface area is 94.3 Å². The molecule has 1 unspecified atom stereocenters. The molecule has 0 saturated carbocycles. The molecule has 1 heterocycles. The van der Waals surface area contributed by atoms with Gasteiger partial charge in [-0.1, -0.05) is 12.1 Å². The average Bonchev–Trinajstić information content (AvgIpc) is 2.54. The molecule has 3 nitrogen and oxygen atoms in total. The highest BCUT2D eigenvalue weighted by Crippen LogP contribution is 2.29. The van der Waals surface area contributed by atoms with Crippen LogP contribution in [0.4, 0.5) is 0 Å². The van der Waals surface area contributed by atoms with Crippen LogP contribution in [-0.2, 0) is 11.8 Å². The van der Waals surface area contributed by atoms with Crippen LogP contribution in [0.25, 0.3) is 10.9 Å². The van der Waals surface area contributed by atoms with Crippen LogP contribution in [0.3, 0.4) is 0 Å². The van der Waals surface area contributed by atoms with Crippen molar-refractivity contribution in [1.82, 2.24) is 4.57 Å². The summed E-state index contributed by atoms with van der Waals surface area (Å²) in [6.45, 7) is 3.74. The van der Waals surface area contributed by atoms with Crippen molar-refractivity contribution in [1.29, 1.82) is 0 Å². The largest absolute Gasteiger partial charge is 0.481 e. The van der Waals surface area contributed by atoms with E-state index in [0.29, 0.717) is 0 Å². The molecule has 0 amide bonds.